The molecular weight excluding hydrogens is 246 g/mol. The van der Waals surface area contributed by atoms with Crippen molar-refractivity contribution in [3.8, 4) is 0 Å². The standard InChI is InChI=1S/C14H21NO2S/c1-9-6-12(14(16)17)4-5-15(9)8-13-7-10(2)18-11(13)3/h7,9,12H,4-6,8H2,1-3H3,(H,16,17). The van der Waals surface area contributed by atoms with Gasteiger partial charge in [-0.05, 0) is 51.8 Å². The van der Waals surface area contributed by atoms with Crippen LogP contribution in [0.25, 0.3) is 0 Å². The maximum atomic E-state index is 11.0. The first-order valence-corrected chi connectivity index (χ1v) is 7.31. The zero-order valence-corrected chi connectivity index (χ0v) is 12.1. The molecule has 1 fully saturated rings. The predicted molar refractivity (Wildman–Crippen MR) is 74.0 cm³/mol. The third kappa shape index (κ3) is 2.93. The van der Waals surface area contributed by atoms with E-state index in [1.54, 1.807) is 0 Å². The van der Waals surface area contributed by atoms with Crippen LogP contribution in [-0.2, 0) is 11.3 Å². The molecule has 3 nitrogen and oxygen atoms in total. The summed E-state index contributed by atoms with van der Waals surface area (Å²) < 4.78 is 0. The van der Waals surface area contributed by atoms with Crippen LogP contribution >= 0.6 is 11.3 Å². The number of carboxylic acid groups (broad SMARTS) is 1. The summed E-state index contributed by atoms with van der Waals surface area (Å²) in [5, 5.41) is 9.06. The van der Waals surface area contributed by atoms with Crippen LogP contribution in [0.5, 0.6) is 0 Å². The minimum atomic E-state index is -0.635. The van der Waals surface area contributed by atoms with Crippen LogP contribution in [-0.4, -0.2) is 28.6 Å². The maximum absolute atomic E-state index is 11.0. The van der Waals surface area contributed by atoms with E-state index in [1.165, 1.54) is 15.3 Å². The Bertz CT molecular complexity index is 441. The fourth-order valence-electron chi connectivity index (χ4n) is 2.74. The molecule has 0 bridgehead atoms. The minimum Gasteiger partial charge on any atom is -0.481 e. The molecule has 2 unspecified atom stereocenters. The topological polar surface area (TPSA) is 40.5 Å². The molecule has 1 aromatic rings. The Morgan fingerprint density at radius 3 is 2.78 bits per heavy atom. The molecule has 2 rings (SSSR count). The van der Waals surface area contributed by atoms with Gasteiger partial charge in [-0.3, -0.25) is 9.69 Å². The summed E-state index contributed by atoms with van der Waals surface area (Å²) in [5.74, 6) is -0.786. The Morgan fingerprint density at radius 2 is 2.28 bits per heavy atom. The first-order valence-electron chi connectivity index (χ1n) is 6.50. The van der Waals surface area contributed by atoms with Gasteiger partial charge in [-0.15, -0.1) is 11.3 Å². The Kier molecular flexibility index (Phi) is 4.07. The smallest absolute Gasteiger partial charge is 0.306 e. The lowest BCUT2D eigenvalue weighted by Gasteiger charge is -2.36. The summed E-state index contributed by atoms with van der Waals surface area (Å²) in [7, 11) is 0. The number of thiophene rings is 1. The molecule has 0 amide bonds. The van der Waals surface area contributed by atoms with E-state index >= 15 is 0 Å². The molecule has 2 atom stereocenters. The number of hydrogen-bond acceptors (Lipinski definition) is 3. The number of likely N-dealkylation sites (tertiary alicyclic amines) is 1. The predicted octanol–water partition coefficient (Wildman–Crippen LogP) is 3.05. The van der Waals surface area contributed by atoms with Gasteiger partial charge in [0.1, 0.15) is 0 Å². The zero-order chi connectivity index (χ0) is 13.3. The lowest BCUT2D eigenvalue weighted by molar-refractivity contribution is -0.144. The lowest BCUT2D eigenvalue weighted by atomic mass is 9.91. The van der Waals surface area contributed by atoms with Crippen LogP contribution in [0.4, 0.5) is 0 Å². The largest absolute Gasteiger partial charge is 0.481 e. The highest BCUT2D eigenvalue weighted by Gasteiger charge is 2.29. The number of nitrogens with zero attached hydrogens (tertiary/aromatic N) is 1. The Morgan fingerprint density at radius 1 is 1.56 bits per heavy atom. The zero-order valence-electron chi connectivity index (χ0n) is 11.3. The number of piperidine rings is 1. The van der Waals surface area contributed by atoms with Crippen LogP contribution in [0.2, 0.25) is 0 Å². The van der Waals surface area contributed by atoms with E-state index in [9.17, 15) is 4.79 Å². The van der Waals surface area contributed by atoms with Gasteiger partial charge in [-0.2, -0.15) is 0 Å². The van der Waals surface area contributed by atoms with E-state index < -0.39 is 5.97 Å². The van der Waals surface area contributed by atoms with Crippen molar-refractivity contribution in [1.29, 1.82) is 0 Å². The Hall–Kier alpha value is -0.870. The van der Waals surface area contributed by atoms with Crippen molar-refractivity contribution < 1.29 is 9.90 Å². The van der Waals surface area contributed by atoms with Crippen molar-refractivity contribution in [2.45, 2.75) is 46.2 Å². The first-order chi connectivity index (χ1) is 8.47. The molecule has 1 aliphatic heterocycles. The van der Waals surface area contributed by atoms with Gasteiger partial charge < -0.3 is 5.11 Å². The van der Waals surface area contributed by atoms with Crippen LogP contribution in [0.3, 0.4) is 0 Å². The van der Waals surface area contributed by atoms with E-state index in [1.807, 2.05) is 11.3 Å². The van der Waals surface area contributed by atoms with Gasteiger partial charge in [0.15, 0.2) is 0 Å². The highest BCUT2D eigenvalue weighted by Crippen LogP contribution is 2.27. The monoisotopic (exact) mass is 267 g/mol. The second-order valence-electron chi connectivity index (χ2n) is 5.32. The molecule has 0 saturated carbocycles. The van der Waals surface area contributed by atoms with Crippen molar-refractivity contribution in [2.24, 2.45) is 5.92 Å². The van der Waals surface area contributed by atoms with Gasteiger partial charge in [-0.25, -0.2) is 0 Å². The number of rotatable bonds is 3. The Labute approximate surface area is 112 Å². The summed E-state index contributed by atoms with van der Waals surface area (Å²) in [6.07, 6.45) is 1.55. The average Bonchev–Trinajstić information content (AvgIpc) is 2.60. The molecule has 0 aromatic carbocycles. The third-order valence-electron chi connectivity index (χ3n) is 3.88. The van der Waals surface area contributed by atoms with Crippen molar-refractivity contribution in [2.75, 3.05) is 6.54 Å². The van der Waals surface area contributed by atoms with Crippen LogP contribution in [0.15, 0.2) is 6.07 Å². The fraction of sp³-hybridized carbons (Fsp3) is 0.643. The van der Waals surface area contributed by atoms with Crippen LogP contribution < -0.4 is 0 Å². The maximum Gasteiger partial charge on any atom is 0.306 e. The van der Waals surface area contributed by atoms with Gasteiger partial charge in [0.25, 0.3) is 0 Å². The molecule has 0 spiro atoms. The van der Waals surface area contributed by atoms with E-state index in [-0.39, 0.29) is 5.92 Å². The van der Waals surface area contributed by atoms with Gasteiger partial charge >= 0.3 is 5.97 Å². The summed E-state index contributed by atoms with van der Waals surface area (Å²) in [6, 6.07) is 2.62. The molecule has 0 radical (unpaired) electrons. The molecule has 0 aliphatic carbocycles. The van der Waals surface area contributed by atoms with Gasteiger partial charge in [0.2, 0.25) is 0 Å². The molecule has 2 heterocycles. The second-order valence-corrected chi connectivity index (χ2v) is 6.78. The van der Waals surface area contributed by atoms with Crippen molar-refractivity contribution in [3.63, 3.8) is 0 Å². The normalized spacial score (nSPS) is 25.3. The Balaban J connectivity index is 1.99. The molecular formula is C14H21NO2S. The van der Waals surface area contributed by atoms with E-state index in [4.69, 9.17) is 5.11 Å². The highest BCUT2D eigenvalue weighted by molar-refractivity contribution is 7.12. The van der Waals surface area contributed by atoms with Crippen molar-refractivity contribution in [3.05, 3.63) is 21.4 Å². The molecule has 1 saturated heterocycles. The summed E-state index contributed by atoms with van der Waals surface area (Å²) >= 11 is 1.84. The molecule has 18 heavy (non-hydrogen) atoms. The molecule has 1 aromatic heterocycles. The van der Waals surface area contributed by atoms with Gasteiger partial charge in [-0.1, -0.05) is 0 Å². The highest BCUT2D eigenvalue weighted by atomic mass is 32.1. The lowest BCUT2D eigenvalue weighted by Crippen LogP contribution is -2.42. The summed E-state index contributed by atoms with van der Waals surface area (Å²) in [6.45, 7) is 8.31. The minimum absolute atomic E-state index is 0.151. The van der Waals surface area contributed by atoms with E-state index in [0.717, 1.165) is 25.9 Å². The van der Waals surface area contributed by atoms with E-state index in [0.29, 0.717) is 6.04 Å². The number of aliphatic carboxylic acids is 1. The van der Waals surface area contributed by atoms with Gasteiger partial charge in [0.05, 0.1) is 5.92 Å². The van der Waals surface area contributed by atoms with Crippen LogP contribution in [0.1, 0.15) is 35.1 Å². The molecule has 4 heteroatoms. The third-order valence-corrected chi connectivity index (χ3v) is 4.89. The van der Waals surface area contributed by atoms with Crippen molar-refractivity contribution >= 4 is 17.3 Å². The molecule has 1 aliphatic rings. The molecule has 1 N–H and O–H groups in total. The molecule has 100 valence electrons. The second kappa shape index (κ2) is 5.41. The fourth-order valence-corrected chi connectivity index (χ4v) is 3.68. The number of carboxylic acids is 1. The van der Waals surface area contributed by atoms with E-state index in [2.05, 4.69) is 31.7 Å². The van der Waals surface area contributed by atoms with Crippen molar-refractivity contribution in [1.82, 2.24) is 4.90 Å². The SMILES string of the molecule is Cc1cc(CN2CCC(C(=O)O)CC2C)c(C)s1. The van der Waals surface area contributed by atoms with Crippen LogP contribution in [0, 0.1) is 19.8 Å². The summed E-state index contributed by atoms with van der Waals surface area (Å²) in [4.78, 5) is 16.2. The number of carbonyl (C=O) groups is 1. The van der Waals surface area contributed by atoms with Gasteiger partial charge in [0, 0.05) is 22.3 Å². The number of aryl methyl sites for hydroxylation is 2. The quantitative estimate of drug-likeness (QED) is 0.915. The average molecular weight is 267 g/mol. The number of hydrogen-bond donors (Lipinski definition) is 1. The first kappa shape index (κ1) is 13.6. The summed E-state index contributed by atoms with van der Waals surface area (Å²) in [5.41, 5.74) is 1.40.